The average molecular weight is 223 g/mol. The van der Waals surface area contributed by atoms with Crippen LogP contribution in [0, 0.1) is 0 Å². The fourth-order valence-corrected chi connectivity index (χ4v) is 0.910. The summed E-state index contributed by atoms with van der Waals surface area (Å²) >= 11 is 0. The second-order valence-electron chi connectivity index (χ2n) is 2.74. The largest absolute Gasteiger partial charge is 0.463 e. The second kappa shape index (κ2) is 3.87. The molecule has 15 heavy (non-hydrogen) atoms. The zero-order valence-electron chi connectivity index (χ0n) is 7.95. The Bertz CT molecular complexity index is 361. The van der Waals surface area contributed by atoms with Crippen molar-refractivity contribution >= 4 is 5.97 Å². The fourth-order valence-electron chi connectivity index (χ4n) is 0.910. The van der Waals surface area contributed by atoms with Crippen LogP contribution in [0.2, 0.25) is 0 Å². The number of hydrogen-bond donors (Lipinski definition) is 0. The maximum absolute atomic E-state index is 12.3. The van der Waals surface area contributed by atoms with Crippen molar-refractivity contribution in [2.45, 2.75) is 19.1 Å². The summed E-state index contributed by atoms with van der Waals surface area (Å²) in [5, 5.41) is 3.34. The number of rotatable bonds is 2. The third kappa shape index (κ3) is 2.25. The molecule has 1 aromatic heterocycles. The zero-order valence-corrected chi connectivity index (χ0v) is 7.95. The highest BCUT2D eigenvalue weighted by atomic mass is 19.4. The number of methoxy groups -OCH3 is 1. The molecular formula is C7H8F3N3O2. The Morgan fingerprint density at radius 1 is 1.60 bits per heavy atom. The van der Waals surface area contributed by atoms with Crippen LogP contribution in [-0.4, -0.2) is 34.0 Å². The highest BCUT2D eigenvalue weighted by molar-refractivity contribution is 5.85. The molecule has 0 radical (unpaired) electrons. The van der Waals surface area contributed by atoms with Gasteiger partial charge in [-0.05, 0) is 6.92 Å². The van der Waals surface area contributed by atoms with Gasteiger partial charge in [-0.1, -0.05) is 0 Å². The number of nitrogens with zero attached hydrogens (tertiary/aromatic N) is 3. The van der Waals surface area contributed by atoms with Crippen LogP contribution in [0.3, 0.4) is 0 Å². The third-order valence-corrected chi connectivity index (χ3v) is 1.78. The smallest absolute Gasteiger partial charge is 0.410 e. The van der Waals surface area contributed by atoms with Crippen LogP contribution in [0.1, 0.15) is 23.6 Å². The van der Waals surface area contributed by atoms with Crippen LogP contribution in [0.25, 0.3) is 0 Å². The van der Waals surface area contributed by atoms with Crippen LogP contribution in [0.15, 0.2) is 6.33 Å². The highest BCUT2D eigenvalue weighted by Crippen LogP contribution is 2.29. The molecule has 0 aromatic carbocycles. The van der Waals surface area contributed by atoms with Crippen molar-refractivity contribution in [1.29, 1.82) is 0 Å². The molecular weight excluding hydrogens is 215 g/mol. The Hall–Kier alpha value is -1.60. The van der Waals surface area contributed by atoms with E-state index >= 15 is 0 Å². The molecule has 0 aliphatic heterocycles. The van der Waals surface area contributed by atoms with E-state index in [0.717, 1.165) is 20.4 Å². The summed E-state index contributed by atoms with van der Waals surface area (Å²) in [5.74, 6) is -1.43. The van der Waals surface area contributed by atoms with Gasteiger partial charge >= 0.3 is 12.1 Å². The van der Waals surface area contributed by atoms with Gasteiger partial charge in [0.15, 0.2) is 0 Å². The number of carbonyl (C=O) groups is 1. The molecule has 8 heteroatoms. The van der Waals surface area contributed by atoms with E-state index in [-0.39, 0.29) is 0 Å². The lowest BCUT2D eigenvalue weighted by molar-refractivity contribution is -0.165. The van der Waals surface area contributed by atoms with E-state index in [1.54, 1.807) is 0 Å². The first-order valence-electron chi connectivity index (χ1n) is 3.92. The van der Waals surface area contributed by atoms with E-state index in [1.165, 1.54) is 0 Å². The molecule has 0 saturated heterocycles. The predicted molar refractivity (Wildman–Crippen MR) is 42.1 cm³/mol. The third-order valence-electron chi connectivity index (χ3n) is 1.78. The lowest BCUT2D eigenvalue weighted by atomic mass is 10.3. The number of aromatic nitrogens is 3. The Kier molecular flexibility index (Phi) is 2.96. The summed E-state index contributed by atoms with van der Waals surface area (Å²) in [7, 11) is 1.06. The summed E-state index contributed by atoms with van der Waals surface area (Å²) < 4.78 is 41.7. The van der Waals surface area contributed by atoms with E-state index in [4.69, 9.17) is 0 Å². The number of hydrogen-bond acceptors (Lipinski definition) is 4. The quantitative estimate of drug-likeness (QED) is 0.706. The van der Waals surface area contributed by atoms with Gasteiger partial charge in [-0.25, -0.2) is 14.5 Å². The van der Waals surface area contributed by atoms with E-state index < -0.39 is 24.0 Å². The summed E-state index contributed by atoms with van der Waals surface area (Å²) in [6.07, 6.45) is -3.62. The van der Waals surface area contributed by atoms with Gasteiger partial charge in [0.25, 0.3) is 0 Å². The lowest BCUT2D eigenvalue weighted by Gasteiger charge is -2.16. The van der Waals surface area contributed by atoms with Gasteiger partial charge in [-0.3, -0.25) is 0 Å². The van der Waals surface area contributed by atoms with Gasteiger partial charge in [0, 0.05) is 0 Å². The van der Waals surface area contributed by atoms with Gasteiger partial charge in [-0.2, -0.15) is 18.3 Å². The van der Waals surface area contributed by atoms with Crippen LogP contribution < -0.4 is 0 Å². The maximum atomic E-state index is 12.3. The summed E-state index contributed by atoms with van der Waals surface area (Å²) in [6.45, 7) is 0.876. The Morgan fingerprint density at radius 3 is 2.67 bits per heavy atom. The molecule has 84 valence electrons. The molecule has 0 N–H and O–H groups in total. The molecule has 0 spiro atoms. The Balaban J connectivity index is 3.05. The number of halogens is 3. The minimum atomic E-state index is -4.49. The molecule has 0 unspecified atom stereocenters. The molecule has 1 rings (SSSR count). The van der Waals surface area contributed by atoms with Crippen LogP contribution in [0.4, 0.5) is 13.2 Å². The molecule has 1 atom stereocenters. The topological polar surface area (TPSA) is 57.0 Å². The van der Waals surface area contributed by atoms with Gasteiger partial charge < -0.3 is 4.74 Å². The molecule has 0 fully saturated rings. The van der Waals surface area contributed by atoms with Crippen molar-refractivity contribution in [3.8, 4) is 0 Å². The van der Waals surface area contributed by atoms with E-state index in [1.807, 2.05) is 0 Å². The van der Waals surface area contributed by atoms with Crippen LogP contribution in [0.5, 0.6) is 0 Å². The number of alkyl halides is 3. The Morgan fingerprint density at radius 2 is 2.20 bits per heavy atom. The standard InChI is InChI=1S/C7H8F3N3O2/c1-4(7(8,9)10)13-5(6(14)15-2)11-3-12-13/h3-4H,1-2H3/t4-/m1/s1. The second-order valence-corrected chi connectivity index (χ2v) is 2.74. The van der Waals surface area contributed by atoms with Gasteiger partial charge in [0.2, 0.25) is 5.82 Å². The molecule has 5 nitrogen and oxygen atoms in total. The van der Waals surface area contributed by atoms with Crippen molar-refractivity contribution in [3.05, 3.63) is 12.2 Å². The number of carbonyl (C=O) groups excluding carboxylic acids is 1. The van der Waals surface area contributed by atoms with Crippen LogP contribution in [-0.2, 0) is 4.74 Å². The van der Waals surface area contributed by atoms with Crippen molar-refractivity contribution in [3.63, 3.8) is 0 Å². The minimum Gasteiger partial charge on any atom is -0.463 e. The predicted octanol–water partition coefficient (Wildman–Crippen LogP) is 1.19. The molecule has 0 amide bonds. The molecule has 0 saturated carbocycles. The van der Waals surface area contributed by atoms with E-state index in [9.17, 15) is 18.0 Å². The normalized spacial score (nSPS) is 13.7. The summed E-state index contributed by atoms with van der Waals surface area (Å²) in [5.41, 5.74) is 0. The fraction of sp³-hybridized carbons (Fsp3) is 0.571. The average Bonchev–Trinajstić information content (AvgIpc) is 2.62. The SMILES string of the molecule is COC(=O)c1ncnn1[C@H](C)C(F)(F)F. The monoisotopic (exact) mass is 223 g/mol. The lowest BCUT2D eigenvalue weighted by Crippen LogP contribution is -2.27. The first-order valence-corrected chi connectivity index (χ1v) is 3.92. The number of esters is 1. The van der Waals surface area contributed by atoms with E-state index in [2.05, 4.69) is 14.8 Å². The van der Waals surface area contributed by atoms with Gasteiger partial charge in [0.1, 0.15) is 12.4 Å². The van der Waals surface area contributed by atoms with Crippen LogP contribution >= 0.6 is 0 Å². The molecule has 1 heterocycles. The van der Waals surface area contributed by atoms with Crippen molar-refractivity contribution in [1.82, 2.24) is 14.8 Å². The summed E-state index contributed by atoms with van der Waals surface area (Å²) in [4.78, 5) is 14.4. The van der Waals surface area contributed by atoms with Gasteiger partial charge in [-0.15, -0.1) is 0 Å². The molecule has 0 bridgehead atoms. The molecule has 0 aliphatic carbocycles. The highest BCUT2D eigenvalue weighted by Gasteiger charge is 2.40. The van der Waals surface area contributed by atoms with Crippen molar-refractivity contribution in [2.75, 3.05) is 7.11 Å². The van der Waals surface area contributed by atoms with Crippen molar-refractivity contribution < 1.29 is 22.7 Å². The first kappa shape index (κ1) is 11.5. The van der Waals surface area contributed by atoms with Gasteiger partial charge in [0.05, 0.1) is 7.11 Å². The summed E-state index contributed by atoms with van der Waals surface area (Å²) in [6, 6.07) is -1.92. The first-order chi connectivity index (χ1) is 6.88. The van der Waals surface area contributed by atoms with E-state index in [0.29, 0.717) is 4.68 Å². The maximum Gasteiger partial charge on any atom is 0.410 e. The Labute approximate surface area is 82.9 Å². The zero-order chi connectivity index (χ0) is 11.6. The minimum absolute atomic E-state index is 0.470. The van der Waals surface area contributed by atoms with Crippen molar-refractivity contribution in [2.24, 2.45) is 0 Å². The number of ether oxygens (including phenoxy) is 1. The molecule has 1 aromatic rings. The molecule has 0 aliphatic rings.